The van der Waals surface area contributed by atoms with Gasteiger partial charge in [-0.15, -0.1) is 0 Å². The zero-order chi connectivity index (χ0) is 20.9. The highest BCUT2D eigenvalue weighted by Gasteiger charge is 2.28. The molecule has 29 heavy (non-hydrogen) atoms. The first-order valence-electron chi connectivity index (χ1n) is 9.67. The third kappa shape index (κ3) is 5.41. The standard InChI is InChI=1S/C21H29N3O4S/c1-22(2)16-17-28-20-6-4-18(5-7-20)23-12-14-24(15-13-23)29(25,26)21-10-8-19(27-3)9-11-21/h4-11H,12-17H2,1-3H3. The van der Waals surface area contributed by atoms with Gasteiger partial charge in [0.25, 0.3) is 0 Å². The Labute approximate surface area is 173 Å². The van der Waals surface area contributed by atoms with Crippen molar-refractivity contribution in [1.82, 2.24) is 9.21 Å². The van der Waals surface area contributed by atoms with Crippen LogP contribution in [0.4, 0.5) is 5.69 Å². The summed E-state index contributed by atoms with van der Waals surface area (Å²) >= 11 is 0. The Bertz CT molecular complexity index is 875. The van der Waals surface area contributed by atoms with Crippen LogP contribution in [-0.4, -0.2) is 78.2 Å². The second-order valence-corrected chi connectivity index (χ2v) is 9.15. The lowest BCUT2D eigenvalue weighted by atomic mass is 10.2. The maximum Gasteiger partial charge on any atom is 0.243 e. The van der Waals surface area contributed by atoms with Gasteiger partial charge in [0, 0.05) is 38.4 Å². The molecule has 0 unspecified atom stereocenters. The molecule has 0 aromatic heterocycles. The summed E-state index contributed by atoms with van der Waals surface area (Å²) in [6, 6.07) is 14.5. The lowest BCUT2D eigenvalue weighted by Crippen LogP contribution is -2.48. The SMILES string of the molecule is COc1ccc(S(=O)(=O)N2CCN(c3ccc(OCCN(C)C)cc3)CC2)cc1. The third-order valence-electron chi connectivity index (χ3n) is 4.94. The van der Waals surface area contributed by atoms with Crippen molar-refractivity contribution in [3.63, 3.8) is 0 Å². The predicted molar refractivity (Wildman–Crippen MR) is 114 cm³/mol. The van der Waals surface area contributed by atoms with E-state index in [-0.39, 0.29) is 0 Å². The summed E-state index contributed by atoms with van der Waals surface area (Å²) in [5.41, 5.74) is 1.08. The molecule has 2 aromatic carbocycles. The molecule has 7 nitrogen and oxygen atoms in total. The molecular formula is C21H29N3O4S. The lowest BCUT2D eigenvalue weighted by Gasteiger charge is -2.35. The topological polar surface area (TPSA) is 62.3 Å². The van der Waals surface area contributed by atoms with Gasteiger partial charge in [-0.2, -0.15) is 4.31 Å². The normalized spacial score (nSPS) is 15.5. The minimum atomic E-state index is -3.49. The van der Waals surface area contributed by atoms with Crippen LogP contribution in [0.15, 0.2) is 53.4 Å². The summed E-state index contributed by atoms with van der Waals surface area (Å²) in [6.07, 6.45) is 0. The smallest absolute Gasteiger partial charge is 0.243 e. The summed E-state index contributed by atoms with van der Waals surface area (Å²) in [5.74, 6) is 1.49. The van der Waals surface area contributed by atoms with Crippen LogP contribution in [0.5, 0.6) is 11.5 Å². The molecule has 1 fully saturated rings. The maximum absolute atomic E-state index is 12.9. The molecule has 8 heteroatoms. The van der Waals surface area contributed by atoms with Gasteiger partial charge in [-0.3, -0.25) is 0 Å². The second kappa shape index (κ2) is 9.47. The number of benzene rings is 2. The number of rotatable bonds is 8. The summed E-state index contributed by atoms with van der Waals surface area (Å²) in [4.78, 5) is 4.57. The Morgan fingerprint density at radius 2 is 1.48 bits per heavy atom. The number of likely N-dealkylation sites (N-methyl/N-ethyl adjacent to an activating group) is 1. The highest BCUT2D eigenvalue weighted by molar-refractivity contribution is 7.89. The van der Waals surface area contributed by atoms with Gasteiger partial charge in [0.05, 0.1) is 12.0 Å². The zero-order valence-electron chi connectivity index (χ0n) is 17.2. The fourth-order valence-corrected chi connectivity index (χ4v) is 4.60. The third-order valence-corrected chi connectivity index (χ3v) is 6.86. The largest absolute Gasteiger partial charge is 0.497 e. The van der Waals surface area contributed by atoms with Crippen molar-refractivity contribution >= 4 is 15.7 Å². The summed E-state index contributed by atoms with van der Waals surface area (Å²) in [7, 11) is 2.10. The molecule has 0 atom stereocenters. The van der Waals surface area contributed by atoms with Gasteiger partial charge in [0.2, 0.25) is 10.0 Å². The Kier molecular flexibility index (Phi) is 7.00. The molecule has 0 bridgehead atoms. The van der Waals surface area contributed by atoms with Gasteiger partial charge in [0.15, 0.2) is 0 Å². The summed E-state index contributed by atoms with van der Waals surface area (Å²) in [5, 5.41) is 0. The minimum Gasteiger partial charge on any atom is -0.497 e. The predicted octanol–water partition coefficient (Wildman–Crippen LogP) is 2.15. The molecule has 1 aliphatic rings. The molecule has 2 aromatic rings. The van der Waals surface area contributed by atoms with E-state index in [1.165, 1.54) is 0 Å². The van der Waals surface area contributed by atoms with Gasteiger partial charge in [0.1, 0.15) is 18.1 Å². The molecule has 1 heterocycles. The van der Waals surface area contributed by atoms with Crippen molar-refractivity contribution < 1.29 is 17.9 Å². The molecular weight excluding hydrogens is 390 g/mol. The van der Waals surface area contributed by atoms with Gasteiger partial charge in [-0.25, -0.2) is 8.42 Å². The zero-order valence-corrected chi connectivity index (χ0v) is 18.1. The van der Waals surface area contributed by atoms with E-state index in [1.54, 1.807) is 35.7 Å². The molecule has 1 saturated heterocycles. The van der Waals surface area contributed by atoms with Crippen molar-refractivity contribution in [2.45, 2.75) is 4.90 Å². The number of hydrogen-bond donors (Lipinski definition) is 0. The number of methoxy groups -OCH3 is 1. The Hall–Kier alpha value is -2.29. The minimum absolute atomic E-state index is 0.297. The molecule has 1 aliphatic heterocycles. The first-order chi connectivity index (χ1) is 13.9. The monoisotopic (exact) mass is 419 g/mol. The maximum atomic E-state index is 12.9. The van der Waals surface area contributed by atoms with Crippen LogP contribution in [-0.2, 0) is 10.0 Å². The number of anilines is 1. The van der Waals surface area contributed by atoms with Gasteiger partial charge >= 0.3 is 0 Å². The molecule has 0 spiro atoms. The molecule has 0 N–H and O–H groups in total. The molecule has 3 rings (SSSR count). The fourth-order valence-electron chi connectivity index (χ4n) is 3.18. The van der Waals surface area contributed by atoms with E-state index in [1.807, 2.05) is 38.4 Å². The number of sulfonamides is 1. The van der Waals surface area contributed by atoms with E-state index in [0.29, 0.717) is 43.4 Å². The molecule has 0 saturated carbocycles. The van der Waals surface area contributed by atoms with Crippen LogP contribution in [0, 0.1) is 0 Å². The average molecular weight is 420 g/mol. The first kappa shape index (κ1) is 21.4. The number of ether oxygens (including phenoxy) is 2. The Balaban J connectivity index is 1.56. The Morgan fingerprint density at radius 1 is 0.897 bits per heavy atom. The summed E-state index contributed by atoms with van der Waals surface area (Å²) in [6.45, 7) is 3.72. The van der Waals surface area contributed by atoms with Gasteiger partial charge in [-0.1, -0.05) is 0 Å². The molecule has 0 radical (unpaired) electrons. The van der Waals surface area contributed by atoms with Crippen molar-refractivity contribution in [2.24, 2.45) is 0 Å². The van der Waals surface area contributed by atoms with Crippen LogP contribution in [0.1, 0.15) is 0 Å². The first-order valence-corrected chi connectivity index (χ1v) is 11.1. The average Bonchev–Trinajstić information content (AvgIpc) is 2.74. The van der Waals surface area contributed by atoms with Crippen LogP contribution < -0.4 is 14.4 Å². The van der Waals surface area contributed by atoms with E-state index in [2.05, 4.69) is 9.80 Å². The highest BCUT2D eigenvalue weighted by Crippen LogP contribution is 2.24. The van der Waals surface area contributed by atoms with Crippen molar-refractivity contribution in [3.8, 4) is 11.5 Å². The van der Waals surface area contributed by atoms with E-state index in [0.717, 1.165) is 18.0 Å². The summed E-state index contributed by atoms with van der Waals surface area (Å²) < 4.78 is 38.1. The van der Waals surface area contributed by atoms with E-state index < -0.39 is 10.0 Å². The van der Waals surface area contributed by atoms with Crippen molar-refractivity contribution in [2.75, 3.05) is 65.4 Å². The number of piperazine rings is 1. The number of nitrogens with zero attached hydrogens (tertiary/aromatic N) is 3. The fraction of sp³-hybridized carbons (Fsp3) is 0.429. The van der Waals surface area contributed by atoms with Crippen LogP contribution in [0.3, 0.4) is 0 Å². The van der Waals surface area contributed by atoms with Crippen LogP contribution in [0.25, 0.3) is 0 Å². The molecule has 158 valence electrons. The van der Waals surface area contributed by atoms with Crippen LogP contribution in [0.2, 0.25) is 0 Å². The number of hydrogen-bond acceptors (Lipinski definition) is 6. The van der Waals surface area contributed by atoms with E-state index >= 15 is 0 Å². The quantitative estimate of drug-likeness (QED) is 0.653. The van der Waals surface area contributed by atoms with Gasteiger partial charge < -0.3 is 19.3 Å². The van der Waals surface area contributed by atoms with Crippen LogP contribution >= 0.6 is 0 Å². The molecule has 0 aliphatic carbocycles. The van der Waals surface area contributed by atoms with E-state index in [9.17, 15) is 8.42 Å². The highest BCUT2D eigenvalue weighted by atomic mass is 32.2. The van der Waals surface area contributed by atoms with Crippen molar-refractivity contribution in [3.05, 3.63) is 48.5 Å². The molecule has 0 amide bonds. The second-order valence-electron chi connectivity index (χ2n) is 7.21. The van der Waals surface area contributed by atoms with Gasteiger partial charge in [-0.05, 0) is 62.6 Å². The van der Waals surface area contributed by atoms with Crippen molar-refractivity contribution in [1.29, 1.82) is 0 Å². The van der Waals surface area contributed by atoms with E-state index in [4.69, 9.17) is 9.47 Å². The lowest BCUT2D eigenvalue weighted by molar-refractivity contribution is 0.261. The Morgan fingerprint density at radius 3 is 2.03 bits per heavy atom.